The number of ether oxygens (including phenoxy) is 2. The van der Waals surface area contributed by atoms with E-state index < -0.39 is 0 Å². The van der Waals surface area contributed by atoms with Crippen LogP contribution in [0.5, 0.6) is 5.75 Å². The average Bonchev–Trinajstić information content (AvgIpc) is 3.13. The molecule has 0 radical (unpaired) electrons. The molecule has 0 aliphatic carbocycles. The zero-order chi connectivity index (χ0) is 20.5. The smallest absolute Gasteiger partial charge is 0.193 e. The maximum Gasteiger partial charge on any atom is 0.193 e. The number of methoxy groups -OCH3 is 1. The van der Waals surface area contributed by atoms with Crippen LogP contribution in [0.2, 0.25) is 0 Å². The van der Waals surface area contributed by atoms with Crippen molar-refractivity contribution in [2.24, 2.45) is 4.99 Å². The summed E-state index contributed by atoms with van der Waals surface area (Å²) in [5.41, 5.74) is 2.29. The van der Waals surface area contributed by atoms with Gasteiger partial charge in [0, 0.05) is 33.1 Å². The Balaban J connectivity index is 0.00000420. The molecule has 0 spiro atoms. The van der Waals surface area contributed by atoms with Gasteiger partial charge < -0.3 is 19.7 Å². The summed E-state index contributed by atoms with van der Waals surface area (Å²) in [4.78, 5) is 11.1. The van der Waals surface area contributed by atoms with E-state index >= 15 is 0 Å². The van der Waals surface area contributed by atoms with Crippen LogP contribution < -0.4 is 10.1 Å². The molecule has 6 nitrogen and oxygen atoms in total. The molecule has 1 atom stereocenters. The van der Waals surface area contributed by atoms with E-state index in [9.17, 15) is 0 Å². The molecular formula is C21H33IN4O2S. The summed E-state index contributed by atoms with van der Waals surface area (Å²) in [7, 11) is 5.52. The molecule has 0 fully saturated rings. The van der Waals surface area contributed by atoms with Gasteiger partial charge in [-0.2, -0.15) is 0 Å². The van der Waals surface area contributed by atoms with Crippen molar-refractivity contribution in [2.75, 3.05) is 27.7 Å². The zero-order valence-electron chi connectivity index (χ0n) is 18.1. The highest BCUT2D eigenvalue weighted by atomic mass is 127. The number of hydrogen-bond donors (Lipinski definition) is 1. The number of nitrogens with one attached hydrogen (secondary N) is 1. The van der Waals surface area contributed by atoms with Crippen LogP contribution in [0.15, 0.2) is 34.6 Å². The molecule has 1 N–H and O–H groups in total. The Morgan fingerprint density at radius 3 is 2.52 bits per heavy atom. The monoisotopic (exact) mass is 532 g/mol. The zero-order valence-corrected chi connectivity index (χ0v) is 21.3. The molecule has 0 amide bonds. The summed E-state index contributed by atoms with van der Waals surface area (Å²) in [6.45, 7) is 7.58. The van der Waals surface area contributed by atoms with Gasteiger partial charge in [-0.05, 0) is 44.9 Å². The molecule has 29 heavy (non-hydrogen) atoms. The number of benzene rings is 1. The van der Waals surface area contributed by atoms with Crippen molar-refractivity contribution in [2.45, 2.75) is 45.9 Å². The molecule has 162 valence electrons. The maximum atomic E-state index is 5.69. The molecule has 0 aliphatic heterocycles. The lowest BCUT2D eigenvalue weighted by molar-refractivity contribution is 0.119. The second kappa shape index (κ2) is 13.0. The van der Waals surface area contributed by atoms with Gasteiger partial charge in [0.2, 0.25) is 0 Å². The first-order chi connectivity index (χ1) is 13.4. The summed E-state index contributed by atoms with van der Waals surface area (Å²) in [6, 6.07) is 8.27. The van der Waals surface area contributed by atoms with Crippen molar-refractivity contribution >= 4 is 41.3 Å². The molecule has 2 rings (SSSR count). The number of rotatable bonds is 9. The predicted molar refractivity (Wildman–Crippen MR) is 132 cm³/mol. The van der Waals surface area contributed by atoms with E-state index in [1.165, 1.54) is 5.56 Å². The molecular weight excluding hydrogens is 499 g/mol. The maximum absolute atomic E-state index is 5.69. The Hall–Kier alpha value is -1.39. The van der Waals surface area contributed by atoms with Gasteiger partial charge >= 0.3 is 0 Å². The summed E-state index contributed by atoms with van der Waals surface area (Å²) in [5, 5.41) is 6.50. The number of thiazole rings is 1. The largest absolute Gasteiger partial charge is 0.491 e. The first-order valence-corrected chi connectivity index (χ1v) is 10.4. The van der Waals surface area contributed by atoms with E-state index in [0.717, 1.165) is 35.4 Å². The minimum Gasteiger partial charge on any atom is -0.491 e. The van der Waals surface area contributed by atoms with E-state index in [1.807, 2.05) is 40.0 Å². The molecule has 1 unspecified atom stereocenters. The van der Waals surface area contributed by atoms with Crippen molar-refractivity contribution in [1.82, 2.24) is 15.2 Å². The normalized spacial score (nSPS) is 12.4. The fourth-order valence-electron chi connectivity index (χ4n) is 2.71. The molecule has 0 saturated carbocycles. The number of halogens is 1. The van der Waals surface area contributed by atoms with Crippen LogP contribution in [0.1, 0.15) is 43.1 Å². The van der Waals surface area contributed by atoms with Crippen LogP contribution >= 0.6 is 35.3 Å². The van der Waals surface area contributed by atoms with Gasteiger partial charge in [0.25, 0.3) is 0 Å². The van der Waals surface area contributed by atoms with Crippen molar-refractivity contribution in [3.05, 3.63) is 45.9 Å². The summed E-state index contributed by atoms with van der Waals surface area (Å²) in [6.07, 6.45) is 1.14. The first kappa shape index (κ1) is 25.6. The van der Waals surface area contributed by atoms with Crippen molar-refractivity contribution in [3.63, 3.8) is 0 Å². The van der Waals surface area contributed by atoms with Crippen LogP contribution in [0.4, 0.5) is 0 Å². The molecule has 0 aliphatic rings. The van der Waals surface area contributed by atoms with Gasteiger partial charge in [0.1, 0.15) is 16.9 Å². The molecule has 1 aromatic carbocycles. The number of aliphatic imine (C=N–C) groups is 1. The summed E-state index contributed by atoms with van der Waals surface area (Å²) >= 11 is 1.63. The number of guanidine groups is 1. The van der Waals surface area contributed by atoms with Crippen LogP contribution in [-0.2, 0) is 17.7 Å². The van der Waals surface area contributed by atoms with Crippen LogP contribution in [0, 0.1) is 0 Å². The molecule has 8 heteroatoms. The van der Waals surface area contributed by atoms with Crippen molar-refractivity contribution in [3.8, 4) is 5.75 Å². The van der Waals surface area contributed by atoms with Crippen LogP contribution in [0.3, 0.4) is 0 Å². The second-order valence-corrected chi connectivity index (χ2v) is 7.84. The van der Waals surface area contributed by atoms with Crippen molar-refractivity contribution in [1.29, 1.82) is 0 Å². The topological polar surface area (TPSA) is 59.0 Å². The SMILES string of the molecule is CN=C(NCCc1ccc(OC(C)C)cc1)N(C)Cc1csc(C(C)OC)n1.I. The molecule has 0 saturated heterocycles. The van der Waals surface area contributed by atoms with E-state index in [0.29, 0.717) is 6.54 Å². The van der Waals surface area contributed by atoms with E-state index in [2.05, 4.69) is 37.7 Å². The number of aromatic nitrogens is 1. The third-order valence-corrected chi connectivity index (χ3v) is 5.29. The average molecular weight is 532 g/mol. The van der Waals surface area contributed by atoms with Gasteiger partial charge in [-0.25, -0.2) is 4.98 Å². The Morgan fingerprint density at radius 2 is 1.93 bits per heavy atom. The molecule has 0 bridgehead atoms. The highest BCUT2D eigenvalue weighted by Crippen LogP contribution is 2.21. The molecule has 1 heterocycles. The molecule has 2 aromatic rings. The third-order valence-electron chi connectivity index (χ3n) is 4.24. The predicted octanol–water partition coefficient (Wildman–Crippen LogP) is 4.51. The van der Waals surface area contributed by atoms with Gasteiger partial charge in [-0.1, -0.05) is 12.1 Å². The fraction of sp³-hybridized carbons (Fsp3) is 0.524. The van der Waals surface area contributed by atoms with Gasteiger partial charge in [-0.15, -0.1) is 35.3 Å². The third kappa shape index (κ3) is 8.47. The Bertz CT molecular complexity index is 749. The lowest BCUT2D eigenvalue weighted by Crippen LogP contribution is -2.39. The highest BCUT2D eigenvalue weighted by Gasteiger charge is 2.12. The summed E-state index contributed by atoms with van der Waals surface area (Å²) in [5.74, 6) is 1.77. The summed E-state index contributed by atoms with van der Waals surface area (Å²) < 4.78 is 11.0. The number of hydrogen-bond acceptors (Lipinski definition) is 5. The minimum absolute atomic E-state index is 0. The van der Waals surface area contributed by atoms with E-state index in [-0.39, 0.29) is 36.2 Å². The Morgan fingerprint density at radius 1 is 1.24 bits per heavy atom. The minimum atomic E-state index is 0. The molecule has 1 aromatic heterocycles. The van der Waals surface area contributed by atoms with Crippen LogP contribution in [0.25, 0.3) is 0 Å². The lowest BCUT2D eigenvalue weighted by atomic mass is 10.1. The highest BCUT2D eigenvalue weighted by molar-refractivity contribution is 14.0. The first-order valence-electron chi connectivity index (χ1n) is 9.57. The van der Waals surface area contributed by atoms with Gasteiger partial charge in [0.15, 0.2) is 5.96 Å². The van der Waals surface area contributed by atoms with Crippen molar-refractivity contribution < 1.29 is 9.47 Å². The van der Waals surface area contributed by atoms with Gasteiger partial charge in [-0.3, -0.25) is 4.99 Å². The Kier molecular flexibility index (Phi) is 11.5. The second-order valence-electron chi connectivity index (χ2n) is 6.95. The standard InChI is InChI=1S/C21H32N4O2S.HI/c1-15(2)27-19-9-7-17(8-10-19)11-12-23-21(22-4)25(5)13-18-14-28-20(24-18)16(3)26-6;/h7-10,14-16H,11-13H2,1-6H3,(H,22,23);1H. The van der Waals surface area contributed by atoms with E-state index in [1.54, 1.807) is 25.5 Å². The fourth-order valence-corrected chi connectivity index (χ4v) is 3.55. The van der Waals surface area contributed by atoms with Gasteiger partial charge in [0.05, 0.1) is 18.3 Å². The Labute approximate surface area is 195 Å². The van der Waals surface area contributed by atoms with E-state index in [4.69, 9.17) is 9.47 Å². The lowest BCUT2D eigenvalue weighted by Gasteiger charge is -2.21. The quantitative estimate of drug-likeness (QED) is 0.293. The van der Waals surface area contributed by atoms with Crippen LogP contribution in [-0.4, -0.2) is 49.7 Å². The number of nitrogens with zero attached hydrogens (tertiary/aromatic N) is 3.